The van der Waals surface area contributed by atoms with Gasteiger partial charge in [0.25, 0.3) is 0 Å². The van der Waals surface area contributed by atoms with E-state index in [0.717, 1.165) is 0 Å². The van der Waals surface area contributed by atoms with Gasteiger partial charge in [0.05, 0.1) is 23.3 Å². The number of fused-ring (bicyclic) bond motifs is 1. The zero-order valence-electron chi connectivity index (χ0n) is 20.7. The molecule has 0 saturated carbocycles. The van der Waals surface area contributed by atoms with E-state index in [2.05, 4.69) is 15.3 Å². The molecule has 1 fully saturated rings. The number of aliphatic carboxylic acids is 1. The number of anilines is 2. The van der Waals surface area contributed by atoms with Gasteiger partial charge >= 0.3 is 5.97 Å². The molecule has 10 heteroatoms. The highest BCUT2D eigenvalue weighted by molar-refractivity contribution is 6.31. The first-order valence-electron chi connectivity index (χ1n) is 11.8. The number of aromatic nitrogens is 2. The van der Waals surface area contributed by atoms with Gasteiger partial charge in [0.2, 0.25) is 0 Å². The molecular weight excluding hydrogens is 487 g/mol. The molecule has 36 heavy (non-hydrogen) atoms. The van der Waals surface area contributed by atoms with Gasteiger partial charge in [-0.1, -0.05) is 38.4 Å². The first-order chi connectivity index (χ1) is 17.1. The van der Waals surface area contributed by atoms with E-state index in [-0.39, 0.29) is 22.2 Å². The van der Waals surface area contributed by atoms with Gasteiger partial charge in [-0.05, 0) is 36.5 Å². The molecule has 0 radical (unpaired) electrons. The molecule has 8 nitrogen and oxygen atoms in total. The molecule has 2 heterocycles. The maximum Gasteiger partial charge on any atom is 0.321 e. The molecule has 4 rings (SSSR count). The van der Waals surface area contributed by atoms with Crippen LogP contribution in [0.2, 0.25) is 5.02 Å². The number of hydrogen-bond acceptors (Lipinski definition) is 7. The number of piperidine rings is 1. The number of carboxylic acid groups (broad SMARTS) is 1. The van der Waals surface area contributed by atoms with Crippen molar-refractivity contribution < 1.29 is 23.8 Å². The maximum absolute atomic E-state index is 14.5. The Labute approximate surface area is 214 Å². The van der Waals surface area contributed by atoms with Crippen LogP contribution in [-0.4, -0.2) is 58.3 Å². The van der Waals surface area contributed by atoms with Crippen molar-refractivity contribution in [3.63, 3.8) is 0 Å². The van der Waals surface area contributed by atoms with E-state index in [9.17, 15) is 14.3 Å². The standard InChI is InChI=1S/C26H30ClFN4O4/c1-26(2,3)23(25(33)34)32-10-8-15(9-11-32)36-21-12-16-19(13-20(21)35-4)29-14-30-24(16)31-18-7-5-6-17(27)22(18)28/h5-7,12-15,23H,8-11H2,1-4H3,(H,33,34)(H,29,30,31). The van der Waals surface area contributed by atoms with E-state index < -0.39 is 17.8 Å². The molecule has 1 unspecified atom stereocenters. The second kappa shape index (κ2) is 10.4. The van der Waals surface area contributed by atoms with E-state index in [1.165, 1.54) is 12.4 Å². The van der Waals surface area contributed by atoms with Gasteiger partial charge in [-0.3, -0.25) is 9.69 Å². The molecule has 1 aliphatic heterocycles. The van der Waals surface area contributed by atoms with Crippen LogP contribution >= 0.6 is 11.6 Å². The fourth-order valence-corrected chi connectivity index (χ4v) is 4.82. The number of likely N-dealkylation sites (tertiary alicyclic amines) is 1. The number of halogens is 2. The lowest BCUT2D eigenvalue weighted by Gasteiger charge is -2.41. The molecule has 3 aromatic rings. The predicted octanol–water partition coefficient (Wildman–Crippen LogP) is 5.52. The Morgan fingerprint density at radius 3 is 2.58 bits per heavy atom. The fourth-order valence-electron chi connectivity index (χ4n) is 4.65. The average Bonchev–Trinajstić information content (AvgIpc) is 2.82. The van der Waals surface area contributed by atoms with Crippen LogP contribution in [0.3, 0.4) is 0 Å². The number of hydrogen-bond donors (Lipinski definition) is 2. The predicted molar refractivity (Wildman–Crippen MR) is 137 cm³/mol. The second-order valence-electron chi connectivity index (χ2n) is 9.93. The van der Waals surface area contributed by atoms with Gasteiger partial charge in [-0.2, -0.15) is 0 Å². The summed E-state index contributed by atoms with van der Waals surface area (Å²) < 4.78 is 26.4. The van der Waals surface area contributed by atoms with Gasteiger partial charge in [-0.15, -0.1) is 0 Å². The van der Waals surface area contributed by atoms with Crippen LogP contribution in [-0.2, 0) is 4.79 Å². The number of benzene rings is 2. The fraction of sp³-hybridized carbons (Fsp3) is 0.423. The van der Waals surface area contributed by atoms with Gasteiger partial charge in [0, 0.05) is 24.5 Å². The lowest BCUT2D eigenvalue weighted by molar-refractivity contribution is -0.148. The highest BCUT2D eigenvalue weighted by Gasteiger charge is 2.38. The van der Waals surface area contributed by atoms with Gasteiger partial charge in [0.15, 0.2) is 17.3 Å². The molecule has 192 valence electrons. The van der Waals surface area contributed by atoms with Crippen molar-refractivity contribution in [3.05, 3.63) is 47.5 Å². The summed E-state index contributed by atoms with van der Waals surface area (Å²) in [4.78, 5) is 22.5. The van der Waals surface area contributed by atoms with Gasteiger partial charge in [-0.25, -0.2) is 14.4 Å². The monoisotopic (exact) mass is 516 g/mol. The molecule has 1 aliphatic rings. The molecule has 1 aromatic heterocycles. The SMILES string of the molecule is COc1cc2ncnc(Nc3cccc(Cl)c3F)c2cc1OC1CCN(C(C(=O)O)C(C)(C)C)CC1. The van der Waals surface area contributed by atoms with Crippen molar-refractivity contribution in [1.82, 2.24) is 14.9 Å². The van der Waals surface area contributed by atoms with Crippen LogP contribution in [0.4, 0.5) is 15.9 Å². The minimum atomic E-state index is -0.811. The topological polar surface area (TPSA) is 96.8 Å². The third-order valence-corrected chi connectivity index (χ3v) is 6.61. The Morgan fingerprint density at radius 2 is 1.94 bits per heavy atom. The lowest BCUT2D eigenvalue weighted by atomic mass is 9.84. The normalized spacial score (nSPS) is 16.1. The van der Waals surface area contributed by atoms with Crippen LogP contribution < -0.4 is 14.8 Å². The number of rotatable bonds is 7. The first kappa shape index (κ1) is 25.9. The molecule has 0 aliphatic carbocycles. The minimum Gasteiger partial charge on any atom is -0.493 e. The van der Waals surface area contributed by atoms with E-state index in [4.69, 9.17) is 21.1 Å². The maximum atomic E-state index is 14.5. The van der Waals surface area contributed by atoms with Crippen molar-refractivity contribution in [2.45, 2.75) is 45.8 Å². The summed E-state index contributed by atoms with van der Waals surface area (Å²) in [7, 11) is 1.55. The van der Waals surface area contributed by atoms with E-state index in [1.807, 2.05) is 25.7 Å². The Bertz CT molecular complexity index is 1260. The number of carboxylic acids is 1. The van der Waals surface area contributed by atoms with Crippen LogP contribution in [0, 0.1) is 11.2 Å². The summed E-state index contributed by atoms with van der Waals surface area (Å²) in [5.41, 5.74) is 0.413. The summed E-state index contributed by atoms with van der Waals surface area (Å²) >= 11 is 5.92. The number of ether oxygens (including phenoxy) is 2. The molecule has 1 atom stereocenters. The van der Waals surface area contributed by atoms with Crippen molar-refractivity contribution in [1.29, 1.82) is 0 Å². The zero-order valence-corrected chi connectivity index (χ0v) is 21.5. The summed E-state index contributed by atoms with van der Waals surface area (Å²) in [5.74, 6) is 0.0462. The van der Waals surface area contributed by atoms with Gasteiger partial charge in [0.1, 0.15) is 24.3 Å². The molecule has 2 aromatic carbocycles. The molecule has 0 bridgehead atoms. The Kier molecular flexibility index (Phi) is 7.51. The lowest BCUT2D eigenvalue weighted by Crippen LogP contribution is -2.53. The first-order valence-corrected chi connectivity index (χ1v) is 12.1. The summed E-state index contributed by atoms with van der Waals surface area (Å²) in [6.07, 6.45) is 2.61. The Balaban J connectivity index is 1.57. The summed E-state index contributed by atoms with van der Waals surface area (Å²) in [5, 5.41) is 13.4. The number of methoxy groups -OCH3 is 1. The van der Waals surface area contributed by atoms with Crippen LogP contribution in [0.25, 0.3) is 10.9 Å². The van der Waals surface area contributed by atoms with Crippen LogP contribution in [0.5, 0.6) is 11.5 Å². The third-order valence-electron chi connectivity index (χ3n) is 6.31. The third kappa shape index (κ3) is 5.47. The second-order valence-corrected chi connectivity index (χ2v) is 10.3. The number of nitrogens with one attached hydrogen (secondary N) is 1. The number of carbonyl (C=O) groups is 1. The highest BCUT2D eigenvalue weighted by Crippen LogP contribution is 2.37. The summed E-state index contributed by atoms with van der Waals surface area (Å²) in [6, 6.07) is 7.66. The highest BCUT2D eigenvalue weighted by atomic mass is 35.5. The van der Waals surface area contributed by atoms with Crippen molar-refractivity contribution in [2.75, 3.05) is 25.5 Å². The molecule has 2 N–H and O–H groups in total. The molecular formula is C26H30ClFN4O4. The zero-order chi connectivity index (χ0) is 26.0. The molecule has 0 spiro atoms. The van der Waals surface area contributed by atoms with Crippen molar-refractivity contribution in [3.8, 4) is 11.5 Å². The van der Waals surface area contributed by atoms with Crippen LogP contribution in [0.1, 0.15) is 33.6 Å². The molecule has 0 amide bonds. The smallest absolute Gasteiger partial charge is 0.321 e. The van der Waals surface area contributed by atoms with Crippen molar-refractivity contribution >= 4 is 40.0 Å². The van der Waals surface area contributed by atoms with E-state index in [0.29, 0.717) is 54.2 Å². The summed E-state index contributed by atoms with van der Waals surface area (Å²) in [6.45, 7) is 7.04. The van der Waals surface area contributed by atoms with Gasteiger partial charge < -0.3 is 19.9 Å². The molecule has 1 saturated heterocycles. The Morgan fingerprint density at radius 1 is 1.22 bits per heavy atom. The van der Waals surface area contributed by atoms with Crippen LogP contribution in [0.15, 0.2) is 36.7 Å². The van der Waals surface area contributed by atoms with Crippen molar-refractivity contribution in [2.24, 2.45) is 5.41 Å². The largest absolute Gasteiger partial charge is 0.493 e. The minimum absolute atomic E-state index is 0.00648. The Hall–Kier alpha value is -3.17. The number of nitrogens with zero attached hydrogens (tertiary/aromatic N) is 3. The average molecular weight is 517 g/mol. The van der Waals surface area contributed by atoms with E-state index >= 15 is 0 Å². The quantitative estimate of drug-likeness (QED) is 0.424. The van der Waals surface area contributed by atoms with E-state index in [1.54, 1.807) is 31.4 Å².